The number of thiazole rings is 1. The average Bonchev–Trinajstić information content (AvgIpc) is 2.85. The molecule has 16 heavy (non-hydrogen) atoms. The number of nitrogens with one attached hydrogen (secondary N) is 1. The van der Waals surface area contributed by atoms with Gasteiger partial charge in [0.25, 0.3) is 0 Å². The van der Waals surface area contributed by atoms with Gasteiger partial charge in [0, 0.05) is 5.38 Å². The summed E-state index contributed by atoms with van der Waals surface area (Å²) in [5.74, 6) is 0. The Morgan fingerprint density at radius 1 is 1.31 bits per heavy atom. The molecule has 2 aromatic heterocycles. The van der Waals surface area contributed by atoms with E-state index in [1.165, 1.54) is 11.3 Å². The van der Waals surface area contributed by atoms with Crippen molar-refractivity contribution in [2.75, 3.05) is 5.32 Å². The van der Waals surface area contributed by atoms with Gasteiger partial charge >= 0.3 is 6.18 Å². The van der Waals surface area contributed by atoms with Crippen molar-refractivity contribution in [2.45, 2.75) is 12.7 Å². The maximum atomic E-state index is 12.2. The number of rotatable bonds is 3. The molecule has 0 aromatic carbocycles. The van der Waals surface area contributed by atoms with Crippen molar-refractivity contribution in [1.82, 2.24) is 15.2 Å². The lowest BCUT2D eigenvalue weighted by Crippen LogP contribution is -2.03. The summed E-state index contributed by atoms with van der Waals surface area (Å²) >= 11 is 1.90. The van der Waals surface area contributed by atoms with Crippen molar-refractivity contribution < 1.29 is 13.2 Å². The highest BCUT2D eigenvalue weighted by Gasteiger charge is 2.35. The Labute approximate surface area is 96.2 Å². The summed E-state index contributed by atoms with van der Waals surface area (Å²) in [5.41, 5.74) is 2.41. The monoisotopic (exact) mass is 266 g/mol. The molecule has 0 radical (unpaired) electrons. The number of alkyl halides is 3. The van der Waals surface area contributed by atoms with Crippen molar-refractivity contribution in [2.24, 2.45) is 0 Å². The molecule has 0 bridgehead atoms. The smallest absolute Gasteiger partial charge is 0.354 e. The van der Waals surface area contributed by atoms with E-state index in [1.807, 2.05) is 0 Å². The van der Waals surface area contributed by atoms with Crippen LogP contribution in [0.2, 0.25) is 0 Å². The summed E-state index contributed by atoms with van der Waals surface area (Å²) in [5, 5.41) is 10.2. The van der Waals surface area contributed by atoms with Crippen LogP contribution in [0.25, 0.3) is 0 Å². The highest BCUT2D eigenvalue weighted by atomic mass is 32.1. The minimum atomic E-state index is -4.43. The number of halogens is 3. The molecular formula is C7H5F3N4S2. The lowest BCUT2D eigenvalue weighted by molar-refractivity contribution is -0.138. The van der Waals surface area contributed by atoms with Gasteiger partial charge in [0.15, 0.2) is 0 Å². The molecule has 2 aromatic rings. The Morgan fingerprint density at radius 3 is 2.69 bits per heavy atom. The molecule has 2 rings (SSSR count). The van der Waals surface area contributed by atoms with Gasteiger partial charge < -0.3 is 5.32 Å². The second-order valence-corrected chi connectivity index (χ2v) is 4.44. The Morgan fingerprint density at radius 2 is 2.12 bits per heavy atom. The minimum absolute atomic E-state index is 0.139. The van der Waals surface area contributed by atoms with Gasteiger partial charge in [-0.1, -0.05) is 11.3 Å². The predicted molar refractivity (Wildman–Crippen MR) is 54.4 cm³/mol. The average molecular weight is 266 g/mol. The molecule has 0 aliphatic rings. The van der Waals surface area contributed by atoms with E-state index in [1.54, 1.807) is 10.9 Å². The van der Waals surface area contributed by atoms with E-state index < -0.39 is 11.2 Å². The molecule has 0 spiro atoms. The van der Waals surface area contributed by atoms with E-state index in [-0.39, 0.29) is 5.13 Å². The molecule has 0 amide bonds. The van der Waals surface area contributed by atoms with E-state index in [0.29, 0.717) is 17.9 Å². The quantitative estimate of drug-likeness (QED) is 0.927. The van der Waals surface area contributed by atoms with Gasteiger partial charge in [-0.2, -0.15) is 13.2 Å². The van der Waals surface area contributed by atoms with Crippen LogP contribution >= 0.6 is 22.7 Å². The summed E-state index contributed by atoms with van der Waals surface area (Å²) in [6, 6.07) is 0. The lowest BCUT2D eigenvalue weighted by Gasteiger charge is -1.98. The third-order valence-corrected chi connectivity index (χ3v) is 3.13. The third-order valence-electron chi connectivity index (χ3n) is 1.57. The number of hydrogen-bond donors (Lipinski definition) is 1. The van der Waals surface area contributed by atoms with Crippen molar-refractivity contribution in [3.05, 3.63) is 21.6 Å². The van der Waals surface area contributed by atoms with Gasteiger partial charge in [-0.3, -0.25) is 0 Å². The topological polar surface area (TPSA) is 50.7 Å². The first-order valence-corrected chi connectivity index (χ1v) is 5.83. The summed E-state index contributed by atoms with van der Waals surface area (Å²) in [4.78, 5) is 3.98. The minimum Gasteiger partial charge on any atom is -0.354 e. The van der Waals surface area contributed by atoms with Gasteiger partial charge in [-0.15, -0.1) is 21.5 Å². The van der Waals surface area contributed by atoms with E-state index in [0.717, 1.165) is 5.69 Å². The second-order valence-electron chi connectivity index (χ2n) is 2.74. The van der Waals surface area contributed by atoms with Crippen molar-refractivity contribution in [3.8, 4) is 0 Å². The van der Waals surface area contributed by atoms with Crippen LogP contribution in [0.3, 0.4) is 0 Å². The number of nitrogens with zero attached hydrogens (tertiary/aromatic N) is 3. The standard InChI is InChI=1S/C7H5F3N4S2/c8-7(9,10)5-13-14-6(16-5)11-1-4-2-15-3-12-4/h2-3H,1H2,(H,11,14). The van der Waals surface area contributed by atoms with Crippen LogP contribution in [-0.4, -0.2) is 15.2 Å². The molecular weight excluding hydrogens is 261 g/mol. The molecule has 0 atom stereocenters. The van der Waals surface area contributed by atoms with Crippen LogP contribution in [-0.2, 0) is 12.7 Å². The fourth-order valence-electron chi connectivity index (χ4n) is 0.900. The van der Waals surface area contributed by atoms with E-state index >= 15 is 0 Å². The molecule has 86 valence electrons. The van der Waals surface area contributed by atoms with Gasteiger partial charge in [0.2, 0.25) is 10.1 Å². The highest BCUT2D eigenvalue weighted by molar-refractivity contribution is 7.15. The highest BCUT2D eigenvalue weighted by Crippen LogP contribution is 2.33. The van der Waals surface area contributed by atoms with Gasteiger partial charge in [0.1, 0.15) is 0 Å². The summed E-state index contributed by atoms with van der Waals surface area (Å²) in [6.07, 6.45) is -4.43. The molecule has 0 aliphatic heterocycles. The number of anilines is 1. The van der Waals surface area contributed by atoms with E-state index in [4.69, 9.17) is 0 Å². The predicted octanol–water partition coefficient (Wildman–Crippen LogP) is 2.63. The fraction of sp³-hybridized carbons (Fsp3) is 0.286. The maximum Gasteiger partial charge on any atom is 0.445 e. The van der Waals surface area contributed by atoms with E-state index in [2.05, 4.69) is 20.5 Å². The van der Waals surface area contributed by atoms with Gasteiger partial charge in [-0.25, -0.2) is 4.98 Å². The van der Waals surface area contributed by atoms with Crippen molar-refractivity contribution in [3.63, 3.8) is 0 Å². The zero-order valence-corrected chi connectivity index (χ0v) is 9.29. The Bertz CT molecular complexity index is 450. The molecule has 2 heterocycles. The van der Waals surface area contributed by atoms with Crippen LogP contribution in [0.15, 0.2) is 10.9 Å². The molecule has 0 saturated carbocycles. The first-order valence-electron chi connectivity index (χ1n) is 4.07. The van der Waals surface area contributed by atoms with Gasteiger partial charge in [0.05, 0.1) is 17.7 Å². The largest absolute Gasteiger partial charge is 0.445 e. The van der Waals surface area contributed by atoms with Crippen LogP contribution < -0.4 is 5.32 Å². The lowest BCUT2D eigenvalue weighted by atomic mass is 10.5. The molecule has 0 fully saturated rings. The normalized spacial score (nSPS) is 11.7. The molecule has 0 unspecified atom stereocenters. The first-order chi connectivity index (χ1) is 7.55. The second kappa shape index (κ2) is 4.34. The summed E-state index contributed by atoms with van der Waals surface area (Å²) < 4.78 is 36.6. The van der Waals surface area contributed by atoms with Crippen LogP contribution in [0, 0.1) is 0 Å². The molecule has 1 N–H and O–H groups in total. The zero-order valence-electron chi connectivity index (χ0n) is 7.65. The SMILES string of the molecule is FC(F)(F)c1nnc(NCc2cscn2)s1. The summed E-state index contributed by atoms with van der Waals surface area (Å²) in [6.45, 7) is 0.343. The zero-order chi connectivity index (χ0) is 11.6. The van der Waals surface area contributed by atoms with Crippen LogP contribution in [0.4, 0.5) is 18.3 Å². The van der Waals surface area contributed by atoms with Gasteiger partial charge in [-0.05, 0) is 0 Å². The Hall–Kier alpha value is -1.22. The number of aromatic nitrogens is 3. The maximum absolute atomic E-state index is 12.2. The van der Waals surface area contributed by atoms with Crippen LogP contribution in [0.1, 0.15) is 10.7 Å². The summed E-state index contributed by atoms with van der Waals surface area (Å²) in [7, 11) is 0. The number of hydrogen-bond acceptors (Lipinski definition) is 6. The molecule has 0 aliphatic carbocycles. The molecule has 0 saturated heterocycles. The third kappa shape index (κ3) is 2.67. The Balaban J connectivity index is 1.98. The first kappa shape index (κ1) is 11.3. The Kier molecular flexibility index (Phi) is 3.06. The van der Waals surface area contributed by atoms with E-state index in [9.17, 15) is 13.2 Å². The molecule has 9 heteroatoms. The molecule has 4 nitrogen and oxygen atoms in total. The van der Waals surface area contributed by atoms with Crippen molar-refractivity contribution >= 4 is 27.8 Å². The fourth-order valence-corrected chi connectivity index (χ4v) is 2.07. The van der Waals surface area contributed by atoms with Crippen molar-refractivity contribution in [1.29, 1.82) is 0 Å². The van der Waals surface area contributed by atoms with Crippen LogP contribution in [0.5, 0.6) is 0 Å².